The highest BCUT2D eigenvalue weighted by molar-refractivity contribution is 7.98. The van der Waals surface area contributed by atoms with Gasteiger partial charge in [-0.2, -0.15) is 0 Å². The molecule has 0 radical (unpaired) electrons. The van der Waals surface area contributed by atoms with E-state index in [1.54, 1.807) is 0 Å². The Kier molecular flexibility index (Phi) is 6.31. The summed E-state index contributed by atoms with van der Waals surface area (Å²) in [5.41, 5.74) is 5.01. The van der Waals surface area contributed by atoms with Gasteiger partial charge in [0.15, 0.2) is 0 Å². The molecule has 1 atom stereocenters. The number of ether oxygens (including phenoxy) is 1. The van der Waals surface area contributed by atoms with Crippen molar-refractivity contribution in [2.24, 2.45) is 5.92 Å². The van der Waals surface area contributed by atoms with Gasteiger partial charge in [-0.25, -0.2) is 0 Å². The highest BCUT2D eigenvalue weighted by atomic mass is 32.2. The van der Waals surface area contributed by atoms with Crippen molar-refractivity contribution in [1.29, 1.82) is 0 Å². The van der Waals surface area contributed by atoms with Crippen molar-refractivity contribution in [3.05, 3.63) is 35.0 Å². The van der Waals surface area contributed by atoms with Crippen LogP contribution in [0.2, 0.25) is 0 Å². The lowest BCUT2D eigenvalue weighted by molar-refractivity contribution is 0.0697. The van der Waals surface area contributed by atoms with E-state index in [4.69, 9.17) is 4.74 Å². The molecule has 0 bridgehead atoms. The third-order valence-corrected chi connectivity index (χ3v) is 8.56. The predicted octanol–water partition coefficient (Wildman–Crippen LogP) is 4.57. The van der Waals surface area contributed by atoms with E-state index in [9.17, 15) is 4.79 Å². The molecule has 2 saturated heterocycles. The van der Waals surface area contributed by atoms with Crippen molar-refractivity contribution in [3.63, 3.8) is 0 Å². The van der Waals surface area contributed by atoms with Crippen LogP contribution in [0.25, 0.3) is 10.9 Å². The van der Waals surface area contributed by atoms with E-state index < -0.39 is 0 Å². The average molecular weight is 442 g/mol. The van der Waals surface area contributed by atoms with E-state index in [1.807, 2.05) is 11.9 Å². The molecule has 168 valence electrons. The summed E-state index contributed by atoms with van der Waals surface area (Å²) in [6.45, 7) is 10.1. The topological polar surface area (TPSA) is 37.7 Å². The van der Waals surface area contributed by atoms with Gasteiger partial charge in [-0.05, 0) is 67.3 Å². The van der Waals surface area contributed by atoms with Crippen LogP contribution in [-0.2, 0) is 17.7 Å². The number of hydrogen-bond acceptors (Lipinski definition) is 4. The van der Waals surface area contributed by atoms with Crippen LogP contribution >= 0.6 is 11.9 Å². The van der Waals surface area contributed by atoms with Crippen LogP contribution < -0.4 is 0 Å². The molecular formula is C25H35N3O2S. The summed E-state index contributed by atoms with van der Waals surface area (Å²) in [5, 5.41) is 1.28. The molecule has 2 aromatic rings. The van der Waals surface area contributed by atoms with Crippen LogP contribution in [-0.4, -0.2) is 64.3 Å². The van der Waals surface area contributed by atoms with E-state index in [1.165, 1.54) is 22.2 Å². The maximum atomic E-state index is 13.3. The fourth-order valence-electron chi connectivity index (χ4n) is 5.32. The maximum Gasteiger partial charge on any atom is 0.253 e. The zero-order valence-electron chi connectivity index (χ0n) is 18.9. The van der Waals surface area contributed by atoms with Crippen molar-refractivity contribution in [2.75, 3.05) is 38.6 Å². The van der Waals surface area contributed by atoms with Gasteiger partial charge in [0.1, 0.15) is 0 Å². The number of carbonyl (C=O) groups excluding carboxylic acids is 1. The van der Waals surface area contributed by atoms with Gasteiger partial charge < -0.3 is 9.64 Å². The number of nitrogens with zero attached hydrogens (tertiary/aromatic N) is 3. The molecular weight excluding hydrogens is 406 g/mol. The van der Waals surface area contributed by atoms with Crippen LogP contribution in [0.3, 0.4) is 0 Å². The summed E-state index contributed by atoms with van der Waals surface area (Å²) in [5.74, 6) is 2.05. The average Bonchev–Trinajstić information content (AvgIpc) is 3.44. The SMILES string of the molecule is CCCSn1c2c(c3cc(C(=O)N4CCC(C)CC4)ccc31)CN(C1CCOC1)CC2. The van der Waals surface area contributed by atoms with Crippen molar-refractivity contribution in [2.45, 2.75) is 58.5 Å². The first kappa shape index (κ1) is 21.4. The van der Waals surface area contributed by atoms with Crippen LogP contribution in [0.5, 0.6) is 0 Å². The Morgan fingerprint density at radius 1 is 1.19 bits per heavy atom. The van der Waals surface area contributed by atoms with Gasteiger partial charge in [-0.1, -0.05) is 13.8 Å². The maximum absolute atomic E-state index is 13.3. The van der Waals surface area contributed by atoms with Crippen LogP contribution in [0.1, 0.15) is 61.1 Å². The molecule has 31 heavy (non-hydrogen) atoms. The standard InChI is InChI=1S/C25H35N3O2S/c1-3-14-31-28-23-5-4-19(25(29)26-10-6-18(2)7-11-26)15-21(23)22-16-27(12-8-24(22)28)20-9-13-30-17-20/h4-5,15,18,20H,3,6-14,16-17H2,1-2H3. The molecule has 0 N–H and O–H groups in total. The Bertz CT molecular complexity index is 942. The van der Waals surface area contributed by atoms with Crippen LogP contribution in [0, 0.1) is 5.92 Å². The Morgan fingerprint density at radius 2 is 2.03 bits per heavy atom. The van der Waals surface area contributed by atoms with Gasteiger partial charge in [0, 0.05) is 67.6 Å². The highest BCUT2D eigenvalue weighted by Crippen LogP contribution is 2.36. The number of likely N-dealkylation sites (tertiary alicyclic amines) is 1. The van der Waals surface area contributed by atoms with Crippen molar-refractivity contribution in [3.8, 4) is 0 Å². The molecule has 0 aliphatic carbocycles. The minimum atomic E-state index is 0.202. The molecule has 3 aliphatic heterocycles. The second-order valence-corrected chi connectivity index (χ2v) is 10.5. The highest BCUT2D eigenvalue weighted by Gasteiger charge is 2.31. The predicted molar refractivity (Wildman–Crippen MR) is 128 cm³/mol. The number of hydrogen-bond donors (Lipinski definition) is 0. The lowest BCUT2D eigenvalue weighted by Crippen LogP contribution is -2.39. The third-order valence-electron chi connectivity index (χ3n) is 7.30. The Hall–Kier alpha value is -1.50. The van der Waals surface area contributed by atoms with Gasteiger partial charge in [-0.15, -0.1) is 0 Å². The number of benzene rings is 1. The number of rotatable bonds is 5. The van der Waals surface area contributed by atoms with Crippen molar-refractivity contribution < 1.29 is 9.53 Å². The van der Waals surface area contributed by atoms with Gasteiger partial charge >= 0.3 is 0 Å². The quantitative estimate of drug-likeness (QED) is 0.681. The summed E-state index contributed by atoms with van der Waals surface area (Å²) in [4.78, 5) is 17.9. The molecule has 2 fully saturated rings. The molecule has 1 amide bonds. The molecule has 6 heteroatoms. The minimum Gasteiger partial charge on any atom is -0.380 e. The van der Waals surface area contributed by atoms with Crippen LogP contribution in [0.15, 0.2) is 18.2 Å². The van der Waals surface area contributed by atoms with Crippen LogP contribution in [0.4, 0.5) is 0 Å². The first-order valence-corrected chi connectivity index (χ1v) is 13.0. The minimum absolute atomic E-state index is 0.202. The number of aromatic nitrogens is 1. The Morgan fingerprint density at radius 3 is 2.77 bits per heavy atom. The monoisotopic (exact) mass is 441 g/mol. The van der Waals surface area contributed by atoms with E-state index in [0.29, 0.717) is 6.04 Å². The third kappa shape index (κ3) is 4.14. The second kappa shape index (κ2) is 9.16. The van der Waals surface area contributed by atoms with Gasteiger partial charge in [0.05, 0.1) is 12.1 Å². The van der Waals surface area contributed by atoms with E-state index in [-0.39, 0.29) is 5.91 Å². The largest absolute Gasteiger partial charge is 0.380 e. The Labute approximate surface area is 190 Å². The number of fused-ring (bicyclic) bond motifs is 3. The molecule has 5 rings (SSSR count). The van der Waals surface area contributed by atoms with Crippen molar-refractivity contribution >= 4 is 28.8 Å². The zero-order valence-corrected chi connectivity index (χ0v) is 19.8. The molecule has 1 unspecified atom stereocenters. The lowest BCUT2D eigenvalue weighted by Gasteiger charge is -2.32. The molecule has 3 aliphatic rings. The van der Waals surface area contributed by atoms with Gasteiger partial charge in [-0.3, -0.25) is 13.7 Å². The molecule has 1 aromatic carbocycles. The summed E-state index contributed by atoms with van der Waals surface area (Å²) < 4.78 is 8.13. The van der Waals surface area contributed by atoms with Gasteiger partial charge in [0.25, 0.3) is 5.91 Å². The van der Waals surface area contributed by atoms with Crippen molar-refractivity contribution in [1.82, 2.24) is 13.8 Å². The number of amides is 1. The van der Waals surface area contributed by atoms with Gasteiger partial charge in [0.2, 0.25) is 0 Å². The summed E-state index contributed by atoms with van der Waals surface area (Å²) in [6.07, 6.45) is 5.60. The first-order chi connectivity index (χ1) is 15.2. The van der Waals surface area contributed by atoms with E-state index >= 15 is 0 Å². The molecule has 0 spiro atoms. The molecule has 0 saturated carbocycles. The molecule has 4 heterocycles. The summed E-state index contributed by atoms with van der Waals surface area (Å²) in [6, 6.07) is 6.97. The second-order valence-electron chi connectivity index (χ2n) is 9.50. The Balaban J connectivity index is 1.49. The lowest BCUT2D eigenvalue weighted by atomic mass is 9.98. The van der Waals surface area contributed by atoms with E-state index in [2.05, 4.69) is 45.8 Å². The number of piperidine rings is 1. The first-order valence-electron chi connectivity index (χ1n) is 12.1. The molecule has 1 aromatic heterocycles. The summed E-state index contributed by atoms with van der Waals surface area (Å²) >= 11 is 1.93. The van der Waals surface area contributed by atoms with E-state index in [0.717, 1.165) is 88.7 Å². The normalized spacial score (nSPS) is 22.9. The summed E-state index contributed by atoms with van der Waals surface area (Å²) in [7, 11) is 0. The number of carbonyl (C=O) groups is 1. The fourth-order valence-corrected chi connectivity index (χ4v) is 6.34. The molecule has 5 nitrogen and oxygen atoms in total. The zero-order chi connectivity index (χ0) is 21.4. The smallest absolute Gasteiger partial charge is 0.253 e. The fraction of sp³-hybridized carbons (Fsp3) is 0.640.